The summed E-state index contributed by atoms with van der Waals surface area (Å²) in [5, 5.41) is 9.02. The Labute approximate surface area is 104 Å². The molecule has 1 aromatic rings. The number of aromatic amines is 1. The molecule has 0 spiro atoms. The molecule has 7 heteroatoms. The topological polar surface area (TPSA) is 112 Å². The molecule has 1 saturated heterocycles. The first kappa shape index (κ1) is 12.6. The SMILES string of the molecule is N[C@@H](Cc1cnc[nH]1)C(=O)N1CCC[C@@H]1C(=O)O. The molecule has 0 aromatic carbocycles. The zero-order valence-electron chi connectivity index (χ0n) is 9.87. The van der Waals surface area contributed by atoms with E-state index in [9.17, 15) is 9.59 Å². The van der Waals surface area contributed by atoms with Crippen molar-refractivity contribution in [2.24, 2.45) is 5.73 Å². The summed E-state index contributed by atoms with van der Waals surface area (Å²) in [6, 6.07) is -1.46. The number of nitrogens with two attached hydrogens (primary N) is 1. The van der Waals surface area contributed by atoms with Crippen LogP contribution in [0.4, 0.5) is 0 Å². The molecule has 2 heterocycles. The number of nitrogens with one attached hydrogen (secondary N) is 1. The average molecular weight is 252 g/mol. The van der Waals surface area contributed by atoms with Crippen molar-refractivity contribution in [2.75, 3.05) is 6.54 Å². The number of likely N-dealkylation sites (tertiary alicyclic amines) is 1. The summed E-state index contributed by atoms with van der Waals surface area (Å²) in [6.07, 6.45) is 4.66. The number of carbonyl (C=O) groups is 2. The Morgan fingerprint density at radius 3 is 3.06 bits per heavy atom. The van der Waals surface area contributed by atoms with Crippen LogP contribution in [-0.4, -0.2) is 50.5 Å². The summed E-state index contributed by atoms with van der Waals surface area (Å²) in [5.41, 5.74) is 6.58. The molecule has 4 N–H and O–H groups in total. The Morgan fingerprint density at radius 1 is 1.67 bits per heavy atom. The van der Waals surface area contributed by atoms with E-state index in [1.54, 1.807) is 6.20 Å². The number of carbonyl (C=O) groups excluding carboxylic acids is 1. The standard InChI is InChI=1S/C11H16N4O3/c12-8(4-7-5-13-6-14-7)10(16)15-3-1-2-9(15)11(17)18/h5-6,8-9H,1-4,12H2,(H,13,14)(H,17,18)/t8-,9+/m0/s1. The molecule has 0 saturated carbocycles. The van der Waals surface area contributed by atoms with Crippen LogP contribution in [0.2, 0.25) is 0 Å². The number of hydrogen-bond donors (Lipinski definition) is 3. The van der Waals surface area contributed by atoms with Crippen LogP contribution >= 0.6 is 0 Å². The molecule has 0 unspecified atom stereocenters. The summed E-state index contributed by atoms with van der Waals surface area (Å²) in [5.74, 6) is -1.27. The predicted octanol–water partition coefficient (Wildman–Crippen LogP) is -0.645. The van der Waals surface area contributed by atoms with Crippen LogP contribution in [0.5, 0.6) is 0 Å². The third-order valence-corrected chi connectivity index (χ3v) is 3.13. The lowest BCUT2D eigenvalue weighted by Gasteiger charge is -2.24. The predicted molar refractivity (Wildman–Crippen MR) is 62.6 cm³/mol. The smallest absolute Gasteiger partial charge is 0.326 e. The average Bonchev–Trinajstić information content (AvgIpc) is 2.97. The monoisotopic (exact) mass is 252 g/mol. The van der Waals surface area contributed by atoms with E-state index in [4.69, 9.17) is 10.8 Å². The van der Waals surface area contributed by atoms with Crippen molar-refractivity contribution in [3.05, 3.63) is 18.2 Å². The molecular weight excluding hydrogens is 236 g/mol. The molecule has 0 aliphatic carbocycles. The van der Waals surface area contributed by atoms with Crippen LogP contribution in [0.1, 0.15) is 18.5 Å². The van der Waals surface area contributed by atoms with E-state index in [0.717, 1.165) is 5.69 Å². The Balaban J connectivity index is 1.99. The minimum absolute atomic E-state index is 0.311. The molecule has 1 aromatic heterocycles. The van der Waals surface area contributed by atoms with E-state index < -0.39 is 18.1 Å². The minimum Gasteiger partial charge on any atom is -0.480 e. The first-order valence-electron chi connectivity index (χ1n) is 5.85. The van der Waals surface area contributed by atoms with Gasteiger partial charge < -0.3 is 20.7 Å². The van der Waals surface area contributed by atoms with E-state index in [0.29, 0.717) is 25.8 Å². The van der Waals surface area contributed by atoms with Gasteiger partial charge in [0.1, 0.15) is 6.04 Å². The van der Waals surface area contributed by atoms with E-state index in [-0.39, 0.29) is 5.91 Å². The van der Waals surface area contributed by atoms with Gasteiger partial charge in [0.05, 0.1) is 12.4 Å². The lowest BCUT2D eigenvalue weighted by molar-refractivity contribution is -0.148. The van der Waals surface area contributed by atoms with Gasteiger partial charge in [-0.15, -0.1) is 0 Å². The molecule has 2 atom stereocenters. The van der Waals surface area contributed by atoms with Crippen molar-refractivity contribution in [1.82, 2.24) is 14.9 Å². The van der Waals surface area contributed by atoms with Gasteiger partial charge in [0.15, 0.2) is 0 Å². The second-order valence-corrected chi connectivity index (χ2v) is 4.42. The number of aromatic nitrogens is 2. The molecule has 98 valence electrons. The van der Waals surface area contributed by atoms with Gasteiger partial charge in [0, 0.05) is 24.9 Å². The number of amides is 1. The minimum atomic E-state index is -0.963. The summed E-state index contributed by atoms with van der Waals surface area (Å²) in [4.78, 5) is 31.2. The first-order valence-corrected chi connectivity index (χ1v) is 5.85. The fourth-order valence-corrected chi connectivity index (χ4v) is 2.22. The zero-order valence-corrected chi connectivity index (χ0v) is 9.87. The van der Waals surface area contributed by atoms with Crippen molar-refractivity contribution in [3.8, 4) is 0 Å². The Kier molecular flexibility index (Phi) is 3.61. The van der Waals surface area contributed by atoms with E-state index >= 15 is 0 Å². The van der Waals surface area contributed by atoms with Gasteiger partial charge in [0.2, 0.25) is 5.91 Å². The number of hydrogen-bond acceptors (Lipinski definition) is 4. The quantitative estimate of drug-likeness (QED) is 0.659. The lowest BCUT2D eigenvalue weighted by Crippen LogP contribution is -2.49. The lowest BCUT2D eigenvalue weighted by atomic mass is 10.1. The molecule has 1 aliphatic rings. The second kappa shape index (κ2) is 5.18. The number of H-pyrrole nitrogens is 1. The number of rotatable bonds is 4. The van der Waals surface area contributed by atoms with Crippen LogP contribution in [0.15, 0.2) is 12.5 Å². The molecule has 0 radical (unpaired) electrons. The Hall–Kier alpha value is -1.89. The Bertz CT molecular complexity index is 432. The van der Waals surface area contributed by atoms with Crippen molar-refractivity contribution < 1.29 is 14.7 Å². The fraction of sp³-hybridized carbons (Fsp3) is 0.545. The highest BCUT2D eigenvalue weighted by molar-refractivity contribution is 5.87. The molecule has 18 heavy (non-hydrogen) atoms. The van der Waals surface area contributed by atoms with Gasteiger partial charge in [-0.3, -0.25) is 4.79 Å². The largest absolute Gasteiger partial charge is 0.480 e. The first-order chi connectivity index (χ1) is 8.59. The number of aliphatic carboxylic acids is 1. The van der Waals surface area contributed by atoms with Crippen LogP contribution in [-0.2, 0) is 16.0 Å². The second-order valence-electron chi connectivity index (χ2n) is 4.42. The zero-order chi connectivity index (χ0) is 13.1. The van der Waals surface area contributed by atoms with Crippen LogP contribution in [0.25, 0.3) is 0 Å². The number of nitrogens with zero attached hydrogens (tertiary/aromatic N) is 2. The highest BCUT2D eigenvalue weighted by atomic mass is 16.4. The van der Waals surface area contributed by atoms with Gasteiger partial charge in [-0.2, -0.15) is 0 Å². The van der Waals surface area contributed by atoms with E-state index in [1.807, 2.05) is 0 Å². The van der Waals surface area contributed by atoms with Crippen LogP contribution < -0.4 is 5.73 Å². The van der Waals surface area contributed by atoms with Gasteiger partial charge in [-0.1, -0.05) is 0 Å². The molecule has 7 nitrogen and oxygen atoms in total. The van der Waals surface area contributed by atoms with E-state index in [1.165, 1.54) is 11.2 Å². The maximum absolute atomic E-state index is 12.1. The number of carboxylic acid groups (broad SMARTS) is 1. The summed E-state index contributed by atoms with van der Waals surface area (Å²) in [6.45, 7) is 0.465. The molecule has 0 bridgehead atoms. The molecule has 1 aliphatic heterocycles. The normalized spacial score (nSPS) is 20.9. The van der Waals surface area contributed by atoms with Gasteiger partial charge >= 0.3 is 5.97 Å². The fourth-order valence-electron chi connectivity index (χ4n) is 2.22. The third kappa shape index (κ3) is 2.51. The summed E-state index contributed by atoms with van der Waals surface area (Å²) < 4.78 is 0. The maximum Gasteiger partial charge on any atom is 0.326 e. The van der Waals surface area contributed by atoms with Crippen molar-refractivity contribution >= 4 is 11.9 Å². The maximum atomic E-state index is 12.1. The van der Waals surface area contributed by atoms with Crippen LogP contribution in [0, 0.1) is 0 Å². The number of imidazole rings is 1. The van der Waals surface area contributed by atoms with Crippen LogP contribution in [0.3, 0.4) is 0 Å². The Morgan fingerprint density at radius 2 is 2.44 bits per heavy atom. The molecule has 1 amide bonds. The number of carboxylic acids is 1. The van der Waals surface area contributed by atoms with Gasteiger partial charge in [-0.05, 0) is 12.8 Å². The third-order valence-electron chi connectivity index (χ3n) is 3.13. The summed E-state index contributed by atoms with van der Waals surface area (Å²) >= 11 is 0. The molecule has 2 rings (SSSR count). The van der Waals surface area contributed by atoms with Crippen molar-refractivity contribution in [1.29, 1.82) is 0 Å². The van der Waals surface area contributed by atoms with Gasteiger partial charge in [-0.25, -0.2) is 9.78 Å². The van der Waals surface area contributed by atoms with Crippen molar-refractivity contribution in [3.63, 3.8) is 0 Å². The highest BCUT2D eigenvalue weighted by Crippen LogP contribution is 2.18. The van der Waals surface area contributed by atoms with E-state index in [2.05, 4.69) is 9.97 Å². The van der Waals surface area contributed by atoms with Crippen molar-refractivity contribution in [2.45, 2.75) is 31.3 Å². The molecular formula is C11H16N4O3. The molecule has 1 fully saturated rings. The summed E-state index contributed by atoms with van der Waals surface area (Å²) in [7, 11) is 0. The highest BCUT2D eigenvalue weighted by Gasteiger charge is 2.36. The van der Waals surface area contributed by atoms with Gasteiger partial charge in [0.25, 0.3) is 0 Å².